The molecule has 5 heteroatoms. The molecule has 0 amide bonds. The van der Waals surface area contributed by atoms with Crippen LogP contribution in [0.4, 0.5) is 13.2 Å². The van der Waals surface area contributed by atoms with Crippen molar-refractivity contribution in [2.75, 3.05) is 0 Å². The third kappa shape index (κ3) is 3.41. The maximum Gasteiger partial charge on any atom is 0.395 e. The molecule has 2 nitrogen and oxygen atoms in total. The largest absolute Gasteiger partial charge is 0.481 e. The molecule has 0 rings (SSSR count). The summed E-state index contributed by atoms with van der Waals surface area (Å²) in [6.07, 6.45) is -5.46. The Balaban J connectivity index is 4.46. The smallest absolute Gasteiger partial charge is 0.395 e. The molecular weight excluding hydrogens is 173 g/mol. The molecule has 0 aromatic heterocycles. The van der Waals surface area contributed by atoms with Crippen molar-refractivity contribution in [3.63, 3.8) is 0 Å². The highest BCUT2D eigenvalue weighted by Crippen LogP contribution is 2.33. The SMILES string of the molecule is C=C(C)[C@@H](CC(=O)O)C(F)(F)F. The zero-order chi connectivity index (χ0) is 9.94. The van der Waals surface area contributed by atoms with Gasteiger partial charge in [-0.15, -0.1) is 0 Å². The molecule has 0 unspecified atom stereocenters. The molecule has 12 heavy (non-hydrogen) atoms. The Kier molecular flexibility index (Phi) is 3.30. The van der Waals surface area contributed by atoms with E-state index in [1.54, 1.807) is 0 Å². The number of allylic oxidation sites excluding steroid dienone is 1. The number of carboxylic acid groups (broad SMARTS) is 1. The number of rotatable bonds is 3. The third-order valence-corrected chi connectivity index (χ3v) is 1.37. The van der Waals surface area contributed by atoms with Gasteiger partial charge in [0.1, 0.15) is 0 Å². The first-order valence-electron chi connectivity index (χ1n) is 3.19. The summed E-state index contributed by atoms with van der Waals surface area (Å²) in [5, 5.41) is 8.16. The summed E-state index contributed by atoms with van der Waals surface area (Å²) in [7, 11) is 0. The summed E-state index contributed by atoms with van der Waals surface area (Å²) in [6.45, 7) is 4.26. The summed E-state index contributed by atoms with van der Waals surface area (Å²) in [4.78, 5) is 10.0. The standard InChI is InChI=1S/C7H9F3O2/c1-4(2)5(3-6(11)12)7(8,9)10/h5H,1,3H2,2H3,(H,11,12)/t5-/m1/s1. The van der Waals surface area contributed by atoms with Gasteiger partial charge in [0.05, 0.1) is 12.3 Å². The van der Waals surface area contributed by atoms with E-state index in [0.717, 1.165) is 0 Å². The molecule has 0 aromatic carbocycles. The monoisotopic (exact) mass is 182 g/mol. The van der Waals surface area contributed by atoms with Gasteiger partial charge in [-0.25, -0.2) is 0 Å². The van der Waals surface area contributed by atoms with Crippen LogP contribution in [-0.4, -0.2) is 17.3 Å². The zero-order valence-corrected chi connectivity index (χ0v) is 6.48. The van der Waals surface area contributed by atoms with E-state index in [4.69, 9.17) is 5.11 Å². The van der Waals surface area contributed by atoms with Crippen LogP contribution in [0.3, 0.4) is 0 Å². The minimum absolute atomic E-state index is 0.176. The van der Waals surface area contributed by atoms with Crippen molar-refractivity contribution in [2.24, 2.45) is 5.92 Å². The molecule has 0 spiro atoms. The van der Waals surface area contributed by atoms with Gasteiger partial charge in [0, 0.05) is 0 Å². The average Bonchev–Trinajstić information content (AvgIpc) is 1.79. The lowest BCUT2D eigenvalue weighted by Gasteiger charge is -2.17. The van der Waals surface area contributed by atoms with Crippen LogP contribution >= 0.6 is 0 Å². The number of hydrogen-bond acceptors (Lipinski definition) is 1. The van der Waals surface area contributed by atoms with Crippen molar-refractivity contribution in [3.05, 3.63) is 12.2 Å². The van der Waals surface area contributed by atoms with Gasteiger partial charge in [-0.05, 0) is 6.92 Å². The van der Waals surface area contributed by atoms with Crippen molar-refractivity contribution in [2.45, 2.75) is 19.5 Å². The minimum atomic E-state index is -4.51. The Labute approximate surface area is 67.7 Å². The molecule has 1 atom stereocenters. The summed E-state index contributed by atoms with van der Waals surface area (Å²) in [5.74, 6) is -3.41. The highest BCUT2D eigenvalue weighted by Gasteiger charge is 2.41. The first kappa shape index (κ1) is 11.0. The Hall–Kier alpha value is -1.00. The third-order valence-electron chi connectivity index (χ3n) is 1.37. The predicted octanol–water partition coefficient (Wildman–Crippen LogP) is 2.22. The van der Waals surface area contributed by atoms with E-state index in [2.05, 4.69) is 6.58 Å². The van der Waals surface area contributed by atoms with Crippen molar-refractivity contribution in [1.29, 1.82) is 0 Å². The van der Waals surface area contributed by atoms with E-state index in [1.165, 1.54) is 6.92 Å². The van der Waals surface area contributed by atoms with E-state index in [0.29, 0.717) is 0 Å². The van der Waals surface area contributed by atoms with Gasteiger partial charge in [-0.2, -0.15) is 13.2 Å². The van der Waals surface area contributed by atoms with Gasteiger partial charge in [0.15, 0.2) is 0 Å². The lowest BCUT2D eigenvalue weighted by molar-refractivity contribution is -0.173. The van der Waals surface area contributed by atoms with E-state index >= 15 is 0 Å². The van der Waals surface area contributed by atoms with Crippen LogP contribution in [0.15, 0.2) is 12.2 Å². The fourth-order valence-corrected chi connectivity index (χ4v) is 0.744. The van der Waals surface area contributed by atoms with Crippen molar-refractivity contribution in [3.8, 4) is 0 Å². The summed E-state index contributed by atoms with van der Waals surface area (Å²) < 4.78 is 36.0. The molecule has 0 heterocycles. The highest BCUT2D eigenvalue weighted by atomic mass is 19.4. The second-order valence-electron chi connectivity index (χ2n) is 2.54. The van der Waals surface area contributed by atoms with Gasteiger partial charge in [0.2, 0.25) is 0 Å². The number of aliphatic carboxylic acids is 1. The number of hydrogen-bond donors (Lipinski definition) is 1. The Morgan fingerprint density at radius 1 is 1.58 bits per heavy atom. The van der Waals surface area contributed by atoms with Crippen LogP contribution in [0.2, 0.25) is 0 Å². The number of alkyl halides is 3. The van der Waals surface area contributed by atoms with Crippen LogP contribution < -0.4 is 0 Å². The van der Waals surface area contributed by atoms with Crippen LogP contribution in [0.1, 0.15) is 13.3 Å². The maximum atomic E-state index is 12.0. The normalized spacial score (nSPS) is 14.0. The predicted molar refractivity (Wildman–Crippen MR) is 36.6 cm³/mol. The van der Waals surface area contributed by atoms with E-state index in [1.807, 2.05) is 0 Å². The van der Waals surface area contributed by atoms with Crippen LogP contribution in [0, 0.1) is 5.92 Å². The molecule has 0 radical (unpaired) electrons. The zero-order valence-electron chi connectivity index (χ0n) is 6.48. The van der Waals surface area contributed by atoms with E-state index in [-0.39, 0.29) is 5.57 Å². The summed E-state index contributed by atoms with van der Waals surface area (Å²) in [6, 6.07) is 0. The molecule has 0 saturated carbocycles. The summed E-state index contributed by atoms with van der Waals surface area (Å²) >= 11 is 0. The summed E-state index contributed by atoms with van der Waals surface area (Å²) in [5.41, 5.74) is -0.176. The molecule has 0 bridgehead atoms. The van der Waals surface area contributed by atoms with Gasteiger partial charge < -0.3 is 5.11 Å². The van der Waals surface area contributed by atoms with Crippen LogP contribution in [-0.2, 0) is 4.79 Å². The maximum absolute atomic E-state index is 12.0. The molecule has 0 aliphatic heterocycles. The van der Waals surface area contributed by atoms with Gasteiger partial charge in [-0.3, -0.25) is 4.79 Å². The Bertz CT molecular complexity index is 195. The second kappa shape index (κ2) is 3.60. The fraction of sp³-hybridized carbons (Fsp3) is 0.571. The highest BCUT2D eigenvalue weighted by molar-refractivity contribution is 5.67. The molecule has 0 aromatic rings. The fourth-order valence-electron chi connectivity index (χ4n) is 0.744. The molecule has 0 aliphatic rings. The van der Waals surface area contributed by atoms with Crippen molar-refractivity contribution < 1.29 is 23.1 Å². The van der Waals surface area contributed by atoms with Crippen molar-refractivity contribution in [1.82, 2.24) is 0 Å². The Morgan fingerprint density at radius 3 is 2.08 bits per heavy atom. The van der Waals surface area contributed by atoms with E-state index in [9.17, 15) is 18.0 Å². The molecule has 1 N–H and O–H groups in total. The number of halogens is 3. The van der Waals surface area contributed by atoms with Gasteiger partial charge >= 0.3 is 12.1 Å². The first-order valence-corrected chi connectivity index (χ1v) is 3.19. The number of carboxylic acids is 1. The molecule has 0 saturated heterocycles. The Morgan fingerprint density at radius 2 is 2.00 bits per heavy atom. The van der Waals surface area contributed by atoms with E-state index < -0.39 is 24.5 Å². The lowest BCUT2D eigenvalue weighted by atomic mass is 9.98. The van der Waals surface area contributed by atoms with Crippen LogP contribution in [0.5, 0.6) is 0 Å². The van der Waals surface area contributed by atoms with Crippen molar-refractivity contribution >= 4 is 5.97 Å². The van der Waals surface area contributed by atoms with Gasteiger partial charge in [-0.1, -0.05) is 12.2 Å². The second-order valence-corrected chi connectivity index (χ2v) is 2.54. The molecule has 0 aliphatic carbocycles. The minimum Gasteiger partial charge on any atom is -0.481 e. The average molecular weight is 182 g/mol. The number of carbonyl (C=O) groups is 1. The molecular formula is C7H9F3O2. The van der Waals surface area contributed by atoms with Gasteiger partial charge in [0.25, 0.3) is 0 Å². The lowest BCUT2D eigenvalue weighted by Crippen LogP contribution is -2.26. The van der Waals surface area contributed by atoms with Crippen LogP contribution in [0.25, 0.3) is 0 Å². The molecule has 70 valence electrons. The molecule has 0 fully saturated rings. The quantitative estimate of drug-likeness (QED) is 0.679. The first-order chi connectivity index (χ1) is 5.25. The topological polar surface area (TPSA) is 37.3 Å².